The van der Waals surface area contributed by atoms with Crippen LogP contribution in [0.3, 0.4) is 0 Å². The Morgan fingerprint density at radius 3 is 2.33 bits per heavy atom. The molecule has 2 fully saturated rings. The fraction of sp³-hybridized carbons (Fsp3) is 0.471. The van der Waals surface area contributed by atoms with Gasteiger partial charge in [-0.1, -0.05) is 17.7 Å². The minimum atomic E-state index is -0.945. The average Bonchev–Trinajstić information content (AvgIpc) is 3.31. The summed E-state index contributed by atoms with van der Waals surface area (Å²) < 4.78 is 0. The molecule has 0 atom stereocenters. The second kappa shape index (κ2) is 6.10. The van der Waals surface area contributed by atoms with Gasteiger partial charge in [0.05, 0.1) is 10.7 Å². The summed E-state index contributed by atoms with van der Waals surface area (Å²) in [5.41, 5.74) is 1.91. The lowest BCUT2D eigenvalue weighted by Gasteiger charge is -2.26. The van der Waals surface area contributed by atoms with E-state index in [2.05, 4.69) is 4.90 Å². The standard InChI is InChI=1S/C17H20ClNO2/c18-15-9-12(6-8-17(20)21)5-7-16(15)19(10-13-1-2-13)11-14-3-4-14/h5-9,13-14H,1-4,10-11H2,(H,20,21)/b8-6+. The number of hydrogen-bond acceptors (Lipinski definition) is 2. The van der Waals surface area contributed by atoms with Gasteiger partial charge >= 0.3 is 5.97 Å². The summed E-state index contributed by atoms with van der Waals surface area (Å²) in [5, 5.41) is 9.38. The van der Waals surface area contributed by atoms with Crippen LogP contribution in [0.15, 0.2) is 24.3 Å². The Hall–Kier alpha value is -1.48. The van der Waals surface area contributed by atoms with Gasteiger partial charge in [0.2, 0.25) is 0 Å². The molecule has 2 aliphatic rings. The maximum absolute atomic E-state index is 10.6. The monoisotopic (exact) mass is 305 g/mol. The molecule has 0 aromatic heterocycles. The first kappa shape index (κ1) is 14.5. The Bertz CT molecular complexity index is 548. The number of carboxylic acid groups (broad SMARTS) is 1. The van der Waals surface area contributed by atoms with Crippen LogP contribution in [0.4, 0.5) is 5.69 Å². The number of carbonyl (C=O) groups is 1. The van der Waals surface area contributed by atoms with Gasteiger partial charge in [-0.05, 0) is 61.3 Å². The molecule has 3 rings (SSSR count). The third-order valence-electron chi connectivity index (χ3n) is 4.08. The minimum absolute atomic E-state index is 0.712. The normalized spacial score (nSPS) is 18.1. The van der Waals surface area contributed by atoms with Crippen LogP contribution < -0.4 is 4.90 Å². The Balaban J connectivity index is 1.76. The Kier molecular flexibility index (Phi) is 4.20. The topological polar surface area (TPSA) is 40.5 Å². The van der Waals surface area contributed by atoms with Gasteiger partial charge in [-0.3, -0.25) is 0 Å². The van der Waals surface area contributed by atoms with Crippen LogP contribution in [-0.4, -0.2) is 24.2 Å². The van der Waals surface area contributed by atoms with Crippen molar-refractivity contribution in [1.82, 2.24) is 0 Å². The summed E-state index contributed by atoms with van der Waals surface area (Å²) in [6, 6.07) is 5.81. The number of nitrogens with zero attached hydrogens (tertiary/aromatic N) is 1. The molecule has 0 spiro atoms. The molecule has 0 saturated heterocycles. The average molecular weight is 306 g/mol. The summed E-state index contributed by atoms with van der Waals surface area (Å²) in [7, 11) is 0. The number of aliphatic carboxylic acids is 1. The molecule has 0 heterocycles. The van der Waals surface area contributed by atoms with E-state index in [9.17, 15) is 4.79 Å². The lowest BCUT2D eigenvalue weighted by atomic mass is 10.1. The van der Waals surface area contributed by atoms with E-state index in [1.807, 2.05) is 18.2 Å². The van der Waals surface area contributed by atoms with Crippen LogP contribution in [0, 0.1) is 11.8 Å². The maximum atomic E-state index is 10.6. The molecule has 112 valence electrons. The lowest BCUT2D eigenvalue weighted by molar-refractivity contribution is -0.131. The van der Waals surface area contributed by atoms with Gasteiger partial charge in [-0.15, -0.1) is 0 Å². The van der Waals surface area contributed by atoms with Crippen LogP contribution in [-0.2, 0) is 4.79 Å². The smallest absolute Gasteiger partial charge is 0.328 e. The number of halogens is 1. The molecule has 4 heteroatoms. The highest BCUT2D eigenvalue weighted by Crippen LogP contribution is 2.38. The number of anilines is 1. The largest absolute Gasteiger partial charge is 0.478 e. The van der Waals surface area contributed by atoms with E-state index < -0.39 is 5.97 Å². The van der Waals surface area contributed by atoms with E-state index >= 15 is 0 Å². The Morgan fingerprint density at radius 1 is 1.24 bits per heavy atom. The molecule has 0 aliphatic heterocycles. The van der Waals surface area contributed by atoms with E-state index in [0.717, 1.165) is 42.3 Å². The van der Waals surface area contributed by atoms with Gasteiger partial charge in [0.1, 0.15) is 0 Å². The first-order chi connectivity index (χ1) is 10.1. The molecule has 0 amide bonds. The highest BCUT2D eigenvalue weighted by Gasteiger charge is 2.30. The lowest BCUT2D eigenvalue weighted by Crippen LogP contribution is -2.28. The van der Waals surface area contributed by atoms with Crippen LogP contribution >= 0.6 is 11.6 Å². The van der Waals surface area contributed by atoms with Crippen LogP contribution in [0.2, 0.25) is 5.02 Å². The van der Waals surface area contributed by atoms with Crippen molar-refractivity contribution in [2.45, 2.75) is 25.7 Å². The molecule has 1 aromatic rings. The van der Waals surface area contributed by atoms with Crippen LogP contribution in [0.25, 0.3) is 6.08 Å². The van der Waals surface area contributed by atoms with Gasteiger partial charge in [-0.25, -0.2) is 4.79 Å². The van der Waals surface area contributed by atoms with Crippen molar-refractivity contribution in [3.8, 4) is 0 Å². The van der Waals surface area contributed by atoms with Crippen molar-refractivity contribution >= 4 is 29.3 Å². The van der Waals surface area contributed by atoms with Crippen LogP contribution in [0.1, 0.15) is 31.2 Å². The first-order valence-corrected chi connectivity index (χ1v) is 7.95. The zero-order chi connectivity index (χ0) is 14.8. The van der Waals surface area contributed by atoms with Gasteiger partial charge in [0, 0.05) is 19.2 Å². The molecule has 0 bridgehead atoms. The second-order valence-corrected chi connectivity index (χ2v) is 6.58. The molecule has 1 aromatic carbocycles. The van der Waals surface area contributed by atoms with Crippen molar-refractivity contribution < 1.29 is 9.90 Å². The fourth-order valence-corrected chi connectivity index (χ4v) is 2.85. The van der Waals surface area contributed by atoms with E-state index in [0.29, 0.717) is 5.02 Å². The molecular formula is C17H20ClNO2. The van der Waals surface area contributed by atoms with Crippen molar-refractivity contribution in [3.05, 3.63) is 34.9 Å². The third-order valence-corrected chi connectivity index (χ3v) is 4.38. The van der Waals surface area contributed by atoms with Gasteiger partial charge in [0.15, 0.2) is 0 Å². The minimum Gasteiger partial charge on any atom is -0.478 e. The zero-order valence-electron chi connectivity index (χ0n) is 12.0. The van der Waals surface area contributed by atoms with E-state index in [-0.39, 0.29) is 0 Å². The number of benzene rings is 1. The van der Waals surface area contributed by atoms with Crippen molar-refractivity contribution in [1.29, 1.82) is 0 Å². The number of rotatable bonds is 7. The molecule has 3 nitrogen and oxygen atoms in total. The fourth-order valence-electron chi connectivity index (χ4n) is 2.55. The highest BCUT2D eigenvalue weighted by atomic mass is 35.5. The number of carboxylic acids is 1. The molecule has 0 radical (unpaired) electrons. The predicted octanol–water partition coefficient (Wildman–Crippen LogP) is 4.06. The Morgan fingerprint density at radius 2 is 1.86 bits per heavy atom. The van der Waals surface area contributed by atoms with Crippen molar-refractivity contribution in [2.24, 2.45) is 11.8 Å². The van der Waals surface area contributed by atoms with Crippen LogP contribution in [0.5, 0.6) is 0 Å². The molecule has 2 aliphatic carbocycles. The molecule has 2 saturated carbocycles. The summed E-state index contributed by atoms with van der Waals surface area (Å²) in [4.78, 5) is 13.0. The Labute approximate surface area is 130 Å². The first-order valence-electron chi connectivity index (χ1n) is 7.57. The molecule has 1 N–H and O–H groups in total. The number of hydrogen-bond donors (Lipinski definition) is 1. The van der Waals surface area contributed by atoms with Gasteiger partial charge in [0.25, 0.3) is 0 Å². The summed E-state index contributed by atoms with van der Waals surface area (Å²) >= 11 is 6.42. The predicted molar refractivity (Wildman–Crippen MR) is 85.8 cm³/mol. The van der Waals surface area contributed by atoms with Crippen molar-refractivity contribution in [3.63, 3.8) is 0 Å². The summed E-state index contributed by atoms with van der Waals surface area (Å²) in [6.07, 6.45) is 8.04. The molecule has 21 heavy (non-hydrogen) atoms. The third kappa shape index (κ3) is 4.24. The van der Waals surface area contributed by atoms with Gasteiger partial charge < -0.3 is 10.0 Å². The molecular weight excluding hydrogens is 286 g/mol. The summed E-state index contributed by atoms with van der Waals surface area (Å²) in [5.74, 6) is 0.706. The SMILES string of the molecule is O=C(O)/C=C/c1ccc(N(CC2CC2)CC2CC2)c(Cl)c1. The van der Waals surface area contributed by atoms with E-state index in [1.165, 1.54) is 25.7 Å². The second-order valence-electron chi connectivity index (χ2n) is 6.17. The maximum Gasteiger partial charge on any atom is 0.328 e. The van der Waals surface area contributed by atoms with Gasteiger partial charge in [-0.2, -0.15) is 0 Å². The van der Waals surface area contributed by atoms with E-state index in [4.69, 9.17) is 16.7 Å². The quantitative estimate of drug-likeness (QED) is 0.772. The molecule has 0 unspecified atom stereocenters. The van der Waals surface area contributed by atoms with E-state index in [1.54, 1.807) is 6.08 Å². The van der Waals surface area contributed by atoms with Crippen molar-refractivity contribution in [2.75, 3.05) is 18.0 Å². The zero-order valence-corrected chi connectivity index (χ0v) is 12.7. The highest BCUT2D eigenvalue weighted by molar-refractivity contribution is 6.33. The summed E-state index contributed by atoms with van der Waals surface area (Å²) in [6.45, 7) is 2.20.